The van der Waals surface area contributed by atoms with Crippen LogP contribution in [0, 0.1) is 11.3 Å². The molecule has 33 heavy (non-hydrogen) atoms. The lowest BCUT2D eigenvalue weighted by atomic mass is 9.86. The average Bonchev–Trinajstić information content (AvgIpc) is 2.93. The number of ketones is 1. The fourth-order valence-electron chi connectivity index (χ4n) is 3.58. The molecule has 7 nitrogen and oxygen atoms in total. The van der Waals surface area contributed by atoms with Crippen molar-refractivity contribution in [2.45, 2.75) is 43.4 Å². The van der Waals surface area contributed by atoms with Gasteiger partial charge in [0, 0.05) is 23.9 Å². The molecule has 1 aromatic heterocycles. The van der Waals surface area contributed by atoms with Crippen molar-refractivity contribution in [2.75, 3.05) is 13.7 Å². The maximum Gasteiger partial charge on any atom is 0.213 e. The maximum absolute atomic E-state index is 13.6. The second-order valence-corrected chi connectivity index (χ2v) is 8.25. The molecule has 1 aliphatic heterocycles. The number of hydrogen-bond acceptors (Lipinski definition) is 8. The number of methoxy groups -OCH3 is 1. The number of rotatable bonds is 9. The Morgan fingerprint density at radius 3 is 2.73 bits per heavy atom. The Morgan fingerprint density at radius 1 is 1.27 bits per heavy atom. The number of nitrogens with zero attached hydrogens (tertiary/aromatic N) is 2. The Labute approximate surface area is 198 Å². The van der Waals surface area contributed by atoms with Gasteiger partial charge in [-0.2, -0.15) is 5.26 Å². The van der Waals surface area contributed by atoms with Crippen molar-refractivity contribution in [3.8, 4) is 11.8 Å². The van der Waals surface area contributed by atoms with Gasteiger partial charge in [-0.1, -0.05) is 25.1 Å². The maximum atomic E-state index is 13.6. The third kappa shape index (κ3) is 5.49. The fraction of sp³-hybridized carbons (Fsp3) is 0.320. The number of hydrogen-bond donors (Lipinski definition) is 1. The van der Waals surface area contributed by atoms with Crippen LogP contribution in [0.3, 0.4) is 0 Å². The highest BCUT2D eigenvalue weighted by Crippen LogP contribution is 2.38. The van der Waals surface area contributed by atoms with Crippen LogP contribution >= 0.6 is 11.8 Å². The van der Waals surface area contributed by atoms with Crippen LogP contribution in [0.4, 0.5) is 0 Å². The standard InChI is InChI=1S/C25H27N3O4S/c1-4-8-20-24(31-5-2)23(29)22(18(14-26)25(27)32-20)16-10-11-19(30-3)17(13-16)15-33-21-9-6-7-12-28-21/h6-7,9-13,22H,4-5,8,15,27H2,1-3H3. The molecule has 1 atom stereocenters. The largest absolute Gasteiger partial charge is 0.496 e. The molecule has 0 amide bonds. The van der Waals surface area contributed by atoms with Crippen molar-refractivity contribution in [1.82, 2.24) is 4.98 Å². The van der Waals surface area contributed by atoms with Crippen LogP contribution < -0.4 is 10.5 Å². The first-order valence-electron chi connectivity index (χ1n) is 10.7. The second-order valence-electron chi connectivity index (χ2n) is 7.25. The molecule has 0 fully saturated rings. The Hall–Kier alpha value is -3.44. The van der Waals surface area contributed by atoms with E-state index in [-0.39, 0.29) is 23.0 Å². The summed E-state index contributed by atoms with van der Waals surface area (Å²) in [7, 11) is 1.60. The summed E-state index contributed by atoms with van der Waals surface area (Å²) in [6, 6.07) is 13.2. The van der Waals surface area contributed by atoms with Gasteiger partial charge in [0.25, 0.3) is 0 Å². The number of aromatic nitrogens is 1. The number of benzene rings is 1. The van der Waals surface area contributed by atoms with Gasteiger partial charge in [0.15, 0.2) is 5.76 Å². The van der Waals surface area contributed by atoms with Crippen molar-refractivity contribution >= 4 is 17.5 Å². The number of allylic oxidation sites excluding steroid dienone is 3. The third-order valence-electron chi connectivity index (χ3n) is 5.06. The molecule has 2 heterocycles. The lowest BCUT2D eigenvalue weighted by molar-refractivity contribution is -0.119. The molecule has 1 aliphatic rings. The van der Waals surface area contributed by atoms with Crippen LogP contribution in [0.1, 0.15) is 43.7 Å². The molecular formula is C25H27N3O4S. The minimum absolute atomic E-state index is 0.0665. The summed E-state index contributed by atoms with van der Waals surface area (Å²) in [4.78, 5) is 18.0. The van der Waals surface area contributed by atoms with Crippen molar-refractivity contribution < 1.29 is 19.0 Å². The Bertz CT molecular complexity index is 1110. The van der Waals surface area contributed by atoms with Crippen LogP contribution in [-0.4, -0.2) is 24.5 Å². The van der Waals surface area contributed by atoms with E-state index in [9.17, 15) is 10.1 Å². The molecule has 8 heteroatoms. The summed E-state index contributed by atoms with van der Waals surface area (Å²) >= 11 is 1.55. The minimum atomic E-state index is -0.935. The first-order valence-corrected chi connectivity index (χ1v) is 11.7. The van der Waals surface area contributed by atoms with E-state index in [1.807, 2.05) is 31.2 Å². The number of nitriles is 1. The topological polar surface area (TPSA) is 107 Å². The number of carbonyl (C=O) groups excluding carboxylic acids is 1. The highest BCUT2D eigenvalue weighted by atomic mass is 32.2. The van der Waals surface area contributed by atoms with Crippen LogP contribution in [0.5, 0.6) is 5.75 Å². The molecule has 0 bridgehead atoms. The van der Waals surface area contributed by atoms with E-state index in [0.29, 0.717) is 35.9 Å². The molecule has 1 aromatic carbocycles. The summed E-state index contributed by atoms with van der Waals surface area (Å²) in [5.74, 6) is 0.383. The Kier molecular flexibility index (Phi) is 8.39. The molecule has 2 N–H and O–H groups in total. The zero-order chi connectivity index (χ0) is 23.8. The summed E-state index contributed by atoms with van der Waals surface area (Å²) in [5.41, 5.74) is 7.70. The van der Waals surface area contributed by atoms with E-state index in [2.05, 4.69) is 11.1 Å². The lowest BCUT2D eigenvalue weighted by Crippen LogP contribution is -2.20. The molecule has 0 saturated carbocycles. The average molecular weight is 466 g/mol. The van der Waals surface area contributed by atoms with Crippen molar-refractivity contribution in [2.24, 2.45) is 5.73 Å². The van der Waals surface area contributed by atoms with Crippen LogP contribution in [0.2, 0.25) is 0 Å². The van der Waals surface area contributed by atoms with Crippen molar-refractivity contribution in [3.05, 3.63) is 76.7 Å². The predicted molar refractivity (Wildman–Crippen MR) is 126 cm³/mol. The van der Waals surface area contributed by atoms with Crippen LogP contribution in [-0.2, 0) is 20.0 Å². The van der Waals surface area contributed by atoms with Gasteiger partial charge in [-0.25, -0.2) is 4.98 Å². The van der Waals surface area contributed by atoms with E-state index in [1.165, 1.54) is 0 Å². The molecular weight excluding hydrogens is 438 g/mol. The van der Waals surface area contributed by atoms with Gasteiger partial charge in [0.2, 0.25) is 17.4 Å². The summed E-state index contributed by atoms with van der Waals surface area (Å²) in [6.07, 6.45) is 2.95. The van der Waals surface area contributed by atoms with Gasteiger partial charge in [-0.3, -0.25) is 4.79 Å². The number of Topliss-reactive ketones (excluding diaryl/α,β-unsaturated/α-hetero) is 1. The molecule has 0 aliphatic carbocycles. The molecule has 0 radical (unpaired) electrons. The minimum Gasteiger partial charge on any atom is -0.496 e. The highest BCUT2D eigenvalue weighted by molar-refractivity contribution is 7.98. The van der Waals surface area contributed by atoms with Gasteiger partial charge in [0.05, 0.1) is 24.7 Å². The number of ether oxygens (including phenoxy) is 3. The van der Waals surface area contributed by atoms with E-state index < -0.39 is 5.92 Å². The van der Waals surface area contributed by atoms with Gasteiger partial charge in [-0.05, 0) is 37.1 Å². The first kappa shape index (κ1) is 24.2. The zero-order valence-electron chi connectivity index (χ0n) is 19.0. The Morgan fingerprint density at radius 2 is 2.09 bits per heavy atom. The van der Waals surface area contributed by atoms with Gasteiger partial charge in [-0.15, -0.1) is 11.8 Å². The van der Waals surface area contributed by atoms with Crippen molar-refractivity contribution in [1.29, 1.82) is 5.26 Å². The smallest absolute Gasteiger partial charge is 0.213 e. The predicted octanol–water partition coefficient (Wildman–Crippen LogP) is 4.81. The monoisotopic (exact) mass is 465 g/mol. The normalized spacial score (nSPS) is 16.2. The zero-order valence-corrected chi connectivity index (χ0v) is 19.8. The van der Waals surface area contributed by atoms with Gasteiger partial charge >= 0.3 is 0 Å². The second kappa shape index (κ2) is 11.4. The van der Waals surface area contributed by atoms with Gasteiger partial charge in [0.1, 0.15) is 17.4 Å². The van der Waals surface area contributed by atoms with E-state index in [4.69, 9.17) is 19.9 Å². The van der Waals surface area contributed by atoms with Crippen molar-refractivity contribution in [3.63, 3.8) is 0 Å². The van der Waals surface area contributed by atoms with Crippen LogP contribution in [0.25, 0.3) is 0 Å². The van der Waals surface area contributed by atoms with Crippen LogP contribution in [0.15, 0.2) is 70.6 Å². The van der Waals surface area contributed by atoms with Gasteiger partial charge < -0.3 is 19.9 Å². The number of carbonyl (C=O) groups is 1. The summed E-state index contributed by atoms with van der Waals surface area (Å²) in [5, 5.41) is 10.7. The molecule has 2 aromatic rings. The number of pyridine rings is 1. The molecule has 0 saturated heterocycles. The molecule has 1 unspecified atom stereocenters. The third-order valence-corrected chi connectivity index (χ3v) is 6.06. The lowest BCUT2D eigenvalue weighted by Gasteiger charge is -2.18. The number of thioether (sulfide) groups is 1. The SMILES string of the molecule is CCCC1=C(OCC)C(=O)C(c2ccc(OC)c(CSc3ccccn3)c2)C(C#N)=C(N)O1. The molecule has 172 valence electrons. The number of nitrogens with two attached hydrogens (primary N) is 1. The van der Waals surface area contributed by atoms with E-state index in [0.717, 1.165) is 17.0 Å². The summed E-state index contributed by atoms with van der Waals surface area (Å²) < 4.78 is 17.0. The molecule has 3 rings (SSSR count). The quantitative estimate of drug-likeness (QED) is 0.526. The summed E-state index contributed by atoms with van der Waals surface area (Å²) in [6.45, 7) is 4.06. The molecule has 0 spiro atoms. The highest BCUT2D eigenvalue weighted by Gasteiger charge is 2.37. The Balaban J connectivity index is 2.05. The van der Waals surface area contributed by atoms with E-state index >= 15 is 0 Å². The first-order chi connectivity index (χ1) is 16.0. The van der Waals surface area contributed by atoms with E-state index in [1.54, 1.807) is 44.1 Å². The fourth-order valence-corrected chi connectivity index (χ4v) is 4.42.